The van der Waals surface area contributed by atoms with Crippen molar-refractivity contribution >= 4 is 23.2 Å². The lowest BCUT2D eigenvalue weighted by Crippen LogP contribution is -2.15. The summed E-state index contributed by atoms with van der Waals surface area (Å²) in [6.07, 6.45) is 0.183. The SMILES string of the molecule is Cc1c(N)cccc1C(=O)Nc1ccc(CC(N)=O)cc1. The summed E-state index contributed by atoms with van der Waals surface area (Å²) in [6.45, 7) is 1.81. The third-order valence-electron chi connectivity index (χ3n) is 3.21. The quantitative estimate of drug-likeness (QED) is 0.747. The van der Waals surface area contributed by atoms with E-state index in [-0.39, 0.29) is 18.2 Å². The van der Waals surface area contributed by atoms with Crippen LogP contribution in [0.3, 0.4) is 0 Å². The zero-order chi connectivity index (χ0) is 15.4. The van der Waals surface area contributed by atoms with E-state index in [0.29, 0.717) is 16.9 Å². The van der Waals surface area contributed by atoms with Gasteiger partial charge in [-0.25, -0.2) is 0 Å². The van der Waals surface area contributed by atoms with Crippen LogP contribution in [-0.4, -0.2) is 11.8 Å². The Kier molecular flexibility index (Phi) is 4.23. The Morgan fingerprint density at radius 2 is 1.76 bits per heavy atom. The van der Waals surface area contributed by atoms with E-state index in [2.05, 4.69) is 5.32 Å². The van der Waals surface area contributed by atoms with Crippen LogP contribution in [0, 0.1) is 6.92 Å². The summed E-state index contributed by atoms with van der Waals surface area (Å²) in [7, 11) is 0. The highest BCUT2D eigenvalue weighted by Gasteiger charge is 2.10. The fourth-order valence-electron chi connectivity index (χ4n) is 2.01. The Morgan fingerprint density at radius 3 is 2.38 bits per heavy atom. The van der Waals surface area contributed by atoms with Crippen molar-refractivity contribution in [3.63, 3.8) is 0 Å². The first-order valence-corrected chi connectivity index (χ1v) is 6.51. The van der Waals surface area contributed by atoms with Crippen LogP contribution in [0.1, 0.15) is 21.5 Å². The number of primary amides is 1. The highest BCUT2D eigenvalue weighted by Crippen LogP contribution is 2.18. The van der Waals surface area contributed by atoms with Gasteiger partial charge in [-0.3, -0.25) is 9.59 Å². The molecule has 2 rings (SSSR count). The summed E-state index contributed by atoms with van der Waals surface area (Å²) < 4.78 is 0. The lowest BCUT2D eigenvalue weighted by atomic mass is 10.1. The maximum absolute atomic E-state index is 12.2. The van der Waals surface area contributed by atoms with Gasteiger partial charge in [-0.2, -0.15) is 0 Å². The van der Waals surface area contributed by atoms with E-state index in [1.165, 1.54) is 0 Å². The molecule has 0 unspecified atom stereocenters. The lowest BCUT2D eigenvalue weighted by molar-refractivity contribution is -0.117. The van der Waals surface area contributed by atoms with Gasteiger partial charge in [-0.1, -0.05) is 18.2 Å². The number of hydrogen-bond acceptors (Lipinski definition) is 3. The molecule has 21 heavy (non-hydrogen) atoms. The normalized spacial score (nSPS) is 10.1. The lowest BCUT2D eigenvalue weighted by Gasteiger charge is -2.09. The molecular weight excluding hydrogens is 266 g/mol. The van der Waals surface area contributed by atoms with E-state index in [1.807, 2.05) is 0 Å². The van der Waals surface area contributed by atoms with Crippen LogP contribution in [-0.2, 0) is 11.2 Å². The molecule has 2 aromatic carbocycles. The van der Waals surface area contributed by atoms with Gasteiger partial charge in [0.25, 0.3) is 5.91 Å². The number of anilines is 2. The monoisotopic (exact) mass is 283 g/mol. The molecule has 5 heteroatoms. The standard InChI is InChI=1S/C16H17N3O2/c1-10-13(3-2-4-14(10)17)16(21)19-12-7-5-11(6-8-12)9-15(18)20/h2-8H,9,17H2,1H3,(H2,18,20)(H,19,21). The Hall–Kier alpha value is -2.82. The number of nitrogens with two attached hydrogens (primary N) is 2. The predicted molar refractivity (Wildman–Crippen MR) is 82.9 cm³/mol. The van der Waals surface area contributed by atoms with E-state index in [1.54, 1.807) is 49.4 Å². The van der Waals surface area contributed by atoms with Crippen molar-refractivity contribution in [2.45, 2.75) is 13.3 Å². The molecular formula is C16H17N3O2. The first-order valence-electron chi connectivity index (χ1n) is 6.51. The fraction of sp³-hybridized carbons (Fsp3) is 0.125. The number of nitrogens with one attached hydrogen (secondary N) is 1. The van der Waals surface area contributed by atoms with Gasteiger partial charge in [-0.15, -0.1) is 0 Å². The maximum atomic E-state index is 12.2. The second-order valence-electron chi connectivity index (χ2n) is 4.81. The first-order chi connectivity index (χ1) is 9.97. The number of nitrogen functional groups attached to an aromatic ring is 1. The van der Waals surface area contributed by atoms with E-state index in [9.17, 15) is 9.59 Å². The van der Waals surface area contributed by atoms with Crippen LogP contribution in [0.2, 0.25) is 0 Å². The molecule has 0 heterocycles. The molecule has 0 aromatic heterocycles. The molecule has 5 nitrogen and oxygen atoms in total. The summed E-state index contributed by atoms with van der Waals surface area (Å²) in [5.41, 5.74) is 14.2. The van der Waals surface area contributed by atoms with Crippen LogP contribution >= 0.6 is 0 Å². The third kappa shape index (κ3) is 3.60. The number of carbonyl (C=O) groups excluding carboxylic acids is 2. The van der Waals surface area contributed by atoms with Crippen molar-refractivity contribution in [2.75, 3.05) is 11.1 Å². The molecule has 108 valence electrons. The topological polar surface area (TPSA) is 98.2 Å². The summed E-state index contributed by atoms with van der Waals surface area (Å²) in [4.78, 5) is 23.0. The minimum atomic E-state index is -0.387. The average Bonchev–Trinajstić information content (AvgIpc) is 2.43. The number of benzene rings is 2. The molecule has 0 spiro atoms. The molecule has 2 aromatic rings. The van der Waals surface area contributed by atoms with Crippen molar-refractivity contribution in [3.8, 4) is 0 Å². The van der Waals surface area contributed by atoms with Gasteiger partial charge in [-0.05, 0) is 42.3 Å². The molecule has 5 N–H and O–H groups in total. The average molecular weight is 283 g/mol. The zero-order valence-corrected chi connectivity index (χ0v) is 11.7. The van der Waals surface area contributed by atoms with Gasteiger partial charge < -0.3 is 16.8 Å². The Balaban J connectivity index is 2.12. The van der Waals surface area contributed by atoms with Crippen molar-refractivity contribution in [1.82, 2.24) is 0 Å². The van der Waals surface area contributed by atoms with Crippen LogP contribution in [0.5, 0.6) is 0 Å². The molecule has 0 aliphatic rings. The summed E-state index contributed by atoms with van der Waals surface area (Å²) >= 11 is 0. The molecule has 0 saturated heterocycles. The van der Waals surface area contributed by atoms with Crippen LogP contribution in [0.4, 0.5) is 11.4 Å². The second kappa shape index (κ2) is 6.09. The largest absolute Gasteiger partial charge is 0.398 e. The van der Waals surface area contributed by atoms with Crippen LogP contribution in [0.25, 0.3) is 0 Å². The van der Waals surface area contributed by atoms with Gasteiger partial charge in [0.15, 0.2) is 0 Å². The molecule has 0 saturated carbocycles. The summed E-state index contributed by atoms with van der Waals surface area (Å²) in [5.74, 6) is -0.607. The Labute approximate surface area is 123 Å². The molecule has 0 aliphatic carbocycles. The maximum Gasteiger partial charge on any atom is 0.256 e. The van der Waals surface area contributed by atoms with Crippen molar-refractivity contribution in [1.29, 1.82) is 0 Å². The minimum absolute atomic E-state index is 0.183. The van der Waals surface area contributed by atoms with Crippen molar-refractivity contribution in [2.24, 2.45) is 5.73 Å². The molecule has 0 radical (unpaired) electrons. The van der Waals surface area contributed by atoms with Crippen molar-refractivity contribution in [3.05, 3.63) is 59.2 Å². The smallest absolute Gasteiger partial charge is 0.256 e. The highest BCUT2D eigenvalue weighted by molar-refractivity contribution is 6.06. The van der Waals surface area contributed by atoms with E-state index >= 15 is 0 Å². The Morgan fingerprint density at radius 1 is 1.10 bits per heavy atom. The number of amides is 2. The van der Waals surface area contributed by atoms with Gasteiger partial charge in [0.1, 0.15) is 0 Å². The van der Waals surface area contributed by atoms with E-state index in [0.717, 1.165) is 11.1 Å². The van der Waals surface area contributed by atoms with Crippen LogP contribution in [0.15, 0.2) is 42.5 Å². The third-order valence-corrected chi connectivity index (χ3v) is 3.21. The first kappa shape index (κ1) is 14.6. The highest BCUT2D eigenvalue weighted by atomic mass is 16.2. The van der Waals surface area contributed by atoms with Crippen LogP contribution < -0.4 is 16.8 Å². The molecule has 0 fully saturated rings. The minimum Gasteiger partial charge on any atom is -0.398 e. The van der Waals surface area contributed by atoms with Gasteiger partial charge in [0.05, 0.1) is 6.42 Å². The van der Waals surface area contributed by atoms with E-state index in [4.69, 9.17) is 11.5 Å². The Bertz CT molecular complexity index is 678. The number of hydrogen-bond donors (Lipinski definition) is 3. The molecule has 0 aliphatic heterocycles. The molecule has 0 atom stereocenters. The predicted octanol–water partition coefficient (Wildman–Crippen LogP) is 1.86. The van der Waals surface area contributed by atoms with Gasteiger partial charge in [0.2, 0.25) is 5.91 Å². The number of rotatable bonds is 4. The van der Waals surface area contributed by atoms with Crippen molar-refractivity contribution < 1.29 is 9.59 Å². The summed E-state index contributed by atoms with van der Waals surface area (Å²) in [5, 5.41) is 2.80. The van der Waals surface area contributed by atoms with E-state index < -0.39 is 0 Å². The number of carbonyl (C=O) groups is 2. The molecule has 0 bridgehead atoms. The van der Waals surface area contributed by atoms with Gasteiger partial charge in [0, 0.05) is 16.9 Å². The fourth-order valence-corrected chi connectivity index (χ4v) is 2.01. The zero-order valence-electron chi connectivity index (χ0n) is 11.7. The molecule has 2 amide bonds. The second-order valence-corrected chi connectivity index (χ2v) is 4.81. The summed E-state index contributed by atoms with van der Waals surface area (Å²) in [6, 6.07) is 12.2. The van der Waals surface area contributed by atoms with Gasteiger partial charge >= 0.3 is 0 Å².